The molecule has 4 nitrogen and oxygen atoms in total. The molecule has 1 N–H and O–H groups in total. The van der Waals surface area contributed by atoms with Gasteiger partial charge in [0.25, 0.3) is 0 Å². The van der Waals surface area contributed by atoms with E-state index in [1.54, 1.807) is 0 Å². The van der Waals surface area contributed by atoms with E-state index in [1.165, 1.54) is 0 Å². The Hall–Kier alpha value is -1.85. The van der Waals surface area contributed by atoms with Crippen LogP contribution in [-0.4, -0.2) is 14.7 Å². The van der Waals surface area contributed by atoms with Crippen LogP contribution in [0.4, 0.5) is 0 Å². The highest BCUT2D eigenvalue weighted by Gasteiger charge is 2.01. The van der Waals surface area contributed by atoms with Gasteiger partial charge in [0, 0.05) is 6.54 Å². The smallest absolute Gasteiger partial charge is 0.209 e. The minimum atomic E-state index is -3.16. The molecule has 0 atom stereocenters. The van der Waals surface area contributed by atoms with Crippen LogP contribution in [0, 0.1) is 0 Å². The number of sulfonamides is 1. The summed E-state index contributed by atoms with van der Waals surface area (Å²) in [7, 11) is -3.16. The molecule has 106 valence electrons. The number of nitrogens with one attached hydrogen (secondary N) is 1. The van der Waals surface area contributed by atoms with E-state index in [0.29, 0.717) is 6.61 Å². The van der Waals surface area contributed by atoms with Crippen LogP contribution in [0.5, 0.6) is 5.75 Å². The Bertz CT molecular complexity index is 637. The largest absolute Gasteiger partial charge is 0.489 e. The lowest BCUT2D eigenvalue weighted by Gasteiger charge is -2.07. The van der Waals surface area contributed by atoms with Crippen LogP contribution in [0.1, 0.15) is 11.1 Å². The summed E-state index contributed by atoms with van der Waals surface area (Å²) in [5.74, 6) is 0.761. The molecular formula is C15H17NO3S. The molecule has 5 heteroatoms. The number of benzene rings is 2. The first-order valence-electron chi connectivity index (χ1n) is 6.23. The number of ether oxygens (including phenoxy) is 1. The lowest BCUT2D eigenvalue weighted by Crippen LogP contribution is -2.21. The molecule has 0 spiro atoms. The highest BCUT2D eigenvalue weighted by molar-refractivity contribution is 7.88. The Morgan fingerprint density at radius 3 is 2.20 bits per heavy atom. The molecular weight excluding hydrogens is 274 g/mol. The van der Waals surface area contributed by atoms with E-state index in [9.17, 15) is 8.42 Å². The molecule has 0 aliphatic carbocycles. The minimum Gasteiger partial charge on any atom is -0.489 e. The van der Waals surface area contributed by atoms with Crippen molar-refractivity contribution in [2.45, 2.75) is 13.2 Å². The van der Waals surface area contributed by atoms with E-state index in [2.05, 4.69) is 4.72 Å². The predicted molar refractivity (Wildman–Crippen MR) is 78.9 cm³/mol. The van der Waals surface area contributed by atoms with Crippen LogP contribution < -0.4 is 9.46 Å². The van der Waals surface area contributed by atoms with Crippen LogP contribution in [-0.2, 0) is 23.2 Å². The fraction of sp³-hybridized carbons (Fsp3) is 0.200. The van der Waals surface area contributed by atoms with Crippen molar-refractivity contribution in [3.63, 3.8) is 0 Å². The summed E-state index contributed by atoms with van der Waals surface area (Å²) < 4.78 is 30.1. The third-order valence-corrected chi connectivity index (χ3v) is 3.38. The zero-order valence-electron chi connectivity index (χ0n) is 11.2. The van der Waals surface area contributed by atoms with Crippen molar-refractivity contribution < 1.29 is 13.2 Å². The Kier molecular flexibility index (Phi) is 4.76. The van der Waals surface area contributed by atoms with Crippen molar-refractivity contribution >= 4 is 10.0 Å². The predicted octanol–water partition coefficient (Wildman–Crippen LogP) is 2.31. The van der Waals surface area contributed by atoms with Gasteiger partial charge in [-0.2, -0.15) is 0 Å². The third kappa shape index (κ3) is 5.03. The SMILES string of the molecule is CS(=O)(=O)NCc1ccc(OCc2ccccc2)cc1. The lowest BCUT2D eigenvalue weighted by atomic mass is 10.2. The molecule has 0 aliphatic rings. The van der Waals surface area contributed by atoms with E-state index in [0.717, 1.165) is 23.1 Å². The van der Waals surface area contributed by atoms with Gasteiger partial charge in [-0.3, -0.25) is 0 Å². The van der Waals surface area contributed by atoms with Gasteiger partial charge in [-0.25, -0.2) is 13.1 Å². The standard InChI is InChI=1S/C15H17NO3S/c1-20(17,18)16-11-13-7-9-15(10-8-13)19-12-14-5-3-2-4-6-14/h2-10,16H,11-12H2,1H3. The Morgan fingerprint density at radius 1 is 0.950 bits per heavy atom. The van der Waals surface area contributed by atoms with Crippen molar-refractivity contribution in [1.29, 1.82) is 0 Å². The van der Waals surface area contributed by atoms with E-state index in [4.69, 9.17) is 4.74 Å². The minimum absolute atomic E-state index is 0.289. The van der Waals surface area contributed by atoms with E-state index >= 15 is 0 Å². The van der Waals surface area contributed by atoms with Crippen molar-refractivity contribution in [3.05, 3.63) is 65.7 Å². The molecule has 0 heterocycles. The topological polar surface area (TPSA) is 55.4 Å². The highest BCUT2D eigenvalue weighted by Crippen LogP contribution is 2.14. The maximum Gasteiger partial charge on any atom is 0.209 e. The number of hydrogen-bond donors (Lipinski definition) is 1. The average molecular weight is 291 g/mol. The molecule has 0 unspecified atom stereocenters. The fourth-order valence-electron chi connectivity index (χ4n) is 1.66. The first kappa shape index (κ1) is 14.6. The summed E-state index contributed by atoms with van der Waals surface area (Å²) in [6, 6.07) is 17.3. The summed E-state index contributed by atoms with van der Waals surface area (Å²) in [4.78, 5) is 0. The van der Waals surface area contributed by atoms with Gasteiger partial charge < -0.3 is 4.74 Å². The quantitative estimate of drug-likeness (QED) is 0.888. The molecule has 0 aromatic heterocycles. The lowest BCUT2D eigenvalue weighted by molar-refractivity contribution is 0.306. The first-order valence-corrected chi connectivity index (χ1v) is 8.12. The summed E-state index contributed by atoms with van der Waals surface area (Å²) in [5, 5.41) is 0. The van der Waals surface area contributed by atoms with E-state index in [-0.39, 0.29) is 6.54 Å². The van der Waals surface area contributed by atoms with Crippen LogP contribution in [0.25, 0.3) is 0 Å². The van der Waals surface area contributed by atoms with Crippen molar-refractivity contribution in [2.75, 3.05) is 6.26 Å². The van der Waals surface area contributed by atoms with Gasteiger partial charge in [-0.1, -0.05) is 42.5 Å². The molecule has 2 rings (SSSR count). The molecule has 0 aliphatic heterocycles. The first-order chi connectivity index (χ1) is 9.53. The van der Waals surface area contributed by atoms with Gasteiger partial charge in [0.1, 0.15) is 12.4 Å². The average Bonchev–Trinajstić information content (AvgIpc) is 2.44. The molecule has 0 amide bonds. The molecule has 0 fully saturated rings. The summed E-state index contributed by atoms with van der Waals surface area (Å²) >= 11 is 0. The third-order valence-electron chi connectivity index (χ3n) is 2.71. The summed E-state index contributed by atoms with van der Waals surface area (Å²) in [6.45, 7) is 0.805. The Balaban J connectivity index is 1.88. The summed E-state index contributed by atoms with van der Waals surface area (Å²) in [5.41, 5.74) is 2.00. The van der Waals surface area contributed by atoms with Gasteiger partial charge in [-0.05, 0) is 23.3 Å². The monoisotopic (exact) mass is 291 g/mol. The molecule has 0 saturated heterocycles. The van der Waals surface area contributed by atoms with Crippen LogP contribution in [0.15, 0.2) is 54.6 Å². The second kappa shape index (κ2) is 6.54. The zero-order chi connectivity index (χ0) is 14.4. The van der Waals surface area contributed by atoms with Crippen LogP contribution >= 0.6 is 0 Å². The van der Waals surface area contributed by atoms with Crippen molar-refractivity contribution in [2.24, 2.45) is 0 Å². The van der Waals surface area contributed by atoms with Crippen molar-refractivity contribution in [3.8, 4) is 5.75 Å². The van der Waals surface area contributed by atoms with Gasteiger partial charge in [-0.15, -0.1) is 0 Å². The zero-order valence-corrected chi connectivity index (χ0v) is 12.1. The Labute approximate surface area is 119 Å². The van der Waals surface area contributed by atoms with Gasteiger partial charge in [0.05, 0.1) is 6.26 Å². The van der Waals surface area contributed by atoms with Gasteiger partial charge in [0.15, 0.2) is 0 Å². The molecule has 0 saturated carbocycles. The maximum absolute atomic E-state index is 11.0. The van der Waals surface area contributed by atoms with Gasteiger partial charge in [0.2, 0.25) is 10.0 Å². The molecule has 0 radical (unpaired) electrons. The fourth-order valence-corrected chi connectivity index (χ4v) is 2.09. The van der Waals surface area contributed by atoms with Crippen molar-refractivity contribution in [1.82, 2.24) is 4.72 Å². The van der Waals surface area contributed by atoms with Gasteiger partial charge >= 0.3 is 0 Å². The molecule has 20 heavy (non-hydrogen) atoms. The highest BCUT2D eigenvalue weighted by atomic mass is 32.2. The molecule has 2 aromatic carbocycles. The Morgan fingerprint density at radius 2 is 1.60 bits per heavy atom. The maximum atomic E-state index is 11.0. The summed E-state index contributed by atoms with van der Waals surface area (Å²) in [6.07, 6.45) is 1.14. The number of hydrogen-bond acceptors (Lipinski definition) is 3. The second-order valence-corrected chi connectivity index (χ2v) is 6.34. The number of rotatable bonds is 6. The molecule has 0 bridgehead atoms. The van der Waals surface area contributed by atoms with Crippen LogP contribution in [0.3, 0.4) is 0 Å². The molecule has 2 aromatic rings. The van der Waals surface area contributed by atoms with Crippen LogP contribution in [0.2, 0.25) is 0 Å². The second-order valence-electron chi connectivity index (χ2n) is 4.51. The normalized spacial score (nSPS) is 11.2. The van der Waals surface area contributed by atoms with E-state index < -0.39 is 10.0 Å². The van der Waals surface area contributed by atoms with E-state index in [1.807, 2.05) is 54.6 Å².